The first-order valence-corrected chi connectivity index (χ1v) is 8.83. The third-order valence-electron chi connectivity index (χ3n) is 3.58. The van der Waals surface area contributed by atoms with E-state index in [4.69, 9.17) is 10.5 Å². The van der Waals surface area contributed by atoms with Crippen LogP contribution in [-0.4, -0.2) is 40.9 Å². The number of hydrogen-bond acceptors (Lipinski definition) is 4. The number of carbonyl (C=O) groups is 1. The van der Waals surface area contributed by atoms with E-state index < -0.39 is 16.9 Å². The van der Waals surface area contributed by atoms with Gasteiger partial charge in [-0.15, -0.1) is 12.4 Å². The van der Waals surface area contributed by atoms with Gasteiger partial charge in [-0.25, -0.2) is 0 Å². The van der Waals surface area contributed by atoms with Crippen LogP contribution in [0.3, 0.4) is 0 Å². The van der Waals surface area contributed by atoms with E-state index in [1.54, 1.807) is 6.26 Å². The molecule has 1 amide bonds. The lowest BCUT2D eigenvalue weighted by Crippen LogP contribution is -2.39. The molecule has 1 fully saturated rings. The first-order chi connectivity index (χ1) is 10.1. The summed E-state index contributed by atoms with van der Waals surface area (Å²) in [4.78, 5) is 12.3. The van der Waals surface area contributed by atoms with E-state index in [1.165, 1.54) is 0 Å². The zero-order valence-electron chi connectivity index (χ0n) is 12.6. The summed E-state index contributed by atoms with van der Waals surface area (Å²) in [6, 6.07) is 9.32. The highest BCUT2D eigenvalue weighted by atomic mass is 35.5. The fourth-order valence-corrected chi connectivity index (χ4v) is 3.22. The largest absolute Gasteiger partial charge is 0.364 e. The summed E-state index contributed by atoms with van der Waals surface area (Å²) in [5, 5.41) is 2.95. The summed E-state index contributed by atoms with van der Waals surface area (Å²) >= 11 is 0. The lowest BCUT2D eigenvalue weighted by atomic mass is 10.1. The van der Waals surface area contributed by atoms with Crippen molar-refractivity contribution in [3.05, 3.63) is 35.9 Å². The number of ether oxygens (including phenoxy) is 1. The molecule has 4 atom stereocenters. The number of nitrogens with two attached hydrogens (primary N) is 1. The minimum atomic E-state index is -0.998. The molecule has 0 bridgehead atoms. The molecule has 1 aliphatic rings. The lowest BCUT2D eigenvalue weighted by molar-refractivity contribution is -0.132. The normalized spacial score (nSPS) is 23.4. The van der Waals surface area contributed by atoms with Crippen molar-refractivity contribution in [3.63, 3.8) is 0 Å². The van der Waals surface area contributed by atoms with E-state index in [0.717, 1.165) is 12.0 Å². The first kappa shape index (κ1) is 19.1. The number of rotatable bonds is 6. The second-order valence-electron chi connectivity index (χ2n) is 5.27. The number of nitrogens with one attached hydrogen (secondary N) is 1. The molecule has 1 heterocycles. The molecule has 1 aromatic carbocycles. The van der Waals surface area contributed by atoms with Gasteiger partial charge in [0.15, 0.2) is 0 Å². The highest BCUT2D eigenvalue weighted by Crippen LogP contribution is 2.21. The molecule has 7 heteroatoms. The van der Waals surface area contributed by atoms with Crippen LogP contribution in [0.1, 0.15) is 24.4 Å². The van der Waals surface area contributed by atoms with Gasteiger partial charge in [-0.05, 0) is 18.4 Å². The Morgan fingerprint density at radius 2 is 2.09 bits per heavy atom. The van der Waals surface area contributed by atoms with Crippen molar-refractivity contribution >= 4 is 29.1 Å². The predicted octanol–water partition coefficient (Wildman–Crippen LogP) is 1.15. The van der Waals surface area contributed by atoms with Crippen LogP contribution in [0, 0.1) is 0 Å². The van der Waals surface area contributed by atoms with Gasteiger partial charge in [-0.2, -0.15) is 0 Å². The molecule has 0 aliphatic carbocycles. The molecule has 1 aliphatic heterocycles. The molecule has 22 heavy (non-hydrogen) atoms. The molecular formula is C15H23ClN2O3S. The van der Waals surface area contributed by atoms with Gasteiger partial charge in [0.05, 0.1) is 12.1 Å². The van der Waals surface area contributed by atoms with Crippen LogP contribution < -0.4 is 11.1 Å². The van der Waals surface area contributed by atoms with Crippen molar-refractivity contribution in [2.75, 3.05) is 18.6 Å². The maximum atomic E-state index is 12.3. The Balaban J connectivity index is 0.00000242. The SMILES string of the molecule is CS(=O)CC(NC(=O)[C@@H]1CC[C@H](CN)O1)c1ccccc1.Cl. The Morgan fingerprint density at radius 1 is 1.41 bits per heavy atom. The third kappa shape index (κ3) is 5.35. The summed E-state index contributed by atoms with van der Waals surface area (Å²) in [6.07, 6.45) is 2.65. The lowest BCUT2D eigenvalue weighted by Gasteiger charge is -2.20. The second-order valence-corrected chi connectivity index (χ2v) is 6.75. The average molecular weight is 347 g/mol. The van der Waals surface area contributed by atoms with Crippen molar-refractivity contribution < 1.29 is 13.7 Å². The number of amides is 1. The second kappa shape index (κ2) is 9.25. The molecule has 0 aromatic heterocycles. The molecule has 1 saturated heterocycles. The molecule has 1 aromatic rings. The smallest absolute Gasteiger partial charge is 0.249 e. The Morgan fingerprint density at radius 3 is 2.64 bits per heavy atom. The van der Waals surface area contributed by atoms with Gasteiger partial charge in [0, 0.05) is 29.4 Å². The van der Waals surface area contributed by atoms with Gasteiger partial charge in [0.1, 0.15) is 6.10 Å². The third-order valence-corrected chi connectivity index (χ3v) is 4.39. The van der Waals surface area contributed by atoms with E-state index in [2.05, 4.69) is 5.32 Å². The van der Waals surface area contributed by atoms with Gasteiger partial charge in [0.25, 0.3) is 0 Å². The van der Waals surface area contributed by atoms with Gasteiger partial charge in [-0.3, -0.25) is 9.00 Å². The number of hydrogen-bond donors (Lipinski definition) is 2. The van der Waals surface area contributed by atoms with Crippen LogP contribution in [0.25, 0.3) is 0 Å². The molecule has 0 spiro atoms. The number of benzene rings is 1. The minimum Gasteiger partial charge on any atom is -0.364 e. The minimum absolute atomic E-state index is 0. The van der Waals surface area contributed by atoms with Crippen LogP contribution in [0.5, 0.6) is 0 Å². The van der Waals surface area contributed by atoms with E-state index in [9.17, 15) is 9.00 Å². The van der Waals surface area contributed by atoms with E-state index in [1.807, 2.05) is 30.3 Å². The summed E-state index contributed by atoms with van der Waals surface area (Å²) in [7, 11) is -0.998. The standard InChI is InChI=1S/C15H22N2O3S.ClH/c1-21(19)10-13(11-5-3-2-4-6-11)17-15(18)14-8-7-12(9-16)20-14;/h2-6,12-14H,7-10,16H2,1H3,(H,17,18);1H/t12-,13?,14+,21?;/m1./s1. The van der Waals surface area contributed by atoms with Gasteiger partial charge in [-0.1, -0.05) is 30.3 Å². The highest BCUT2D eigenvalue weighted by Gasteiger charge is 2.31. The van der Waals surface area contributed by atoms with Crippen LogP contribution in [0.15, 0.2) is 30.3 Å². The fraction of sp³-hybridized carbons (Fsp3) is 0.533. The zero-order valence-corrected chi connectivity index (χ0v) is 14.2. The van der Waals surface area contributed by atoms with E-state index in [0.29, 0.717) is 18.7 Å². The van der Waals surface area contributed by atoms with Gasteiger partial charge >= 0.3 is 0 Å². The zero-order chi connectivity index (χ0) is 15.2. The summed E-state index contributed by atoms with van der Waals surface area (Å²) in [6.45, 7) is 0.435. The van der Waals surface area contributed by atoms with Crippen LogP contribution >= 0.6 is 12.4 Å². The van der Waals surface area contributed by atoms with Crippen molar-refractivity contribution in [1.29, 1.82) is 0 Å². The molecule has 124 valence electrons. The fourth-order valence-electron chi connectivity index (χ4n) is 2.48. The van der Waals surface area contributed by atoms with Gasteiger partial charge < -0.3 is 15.8 Å². The highest BCUT2D eigenvalue weighted by molar-refractivity contribution is 7.84. The molecule has 2 rings (SSSR count). The maximum Gasteiger partial charge on any atom is 0.249 e. The Kier molecular flexibility index (Phi) is 8.03. The predicted molar refractivity (Wildman–Crippen MR) is 90.5 cm³/mol. The summed E-state index contributed by atoms with van der Waals surface area (Å²) < 4.78 is 17.1. The van der Waals surface area contributed by atoms with Crippen molar-refractivity contribution in [3.8, 4) is 0 Å². The number of halogens is 1. The first-order valence-electron chi connectivity index (χ1n) is 7.11. The van der Waals surface area contributed by atoms with E-state index in [-0.39, 0.29) is 30.5 Å². The average Bonchev–Trinajstić information content (AvgIpc) is 2.96. The van der Waals surface area contributed by atoms with Gasteiger partial charge in [0.2, 0.25) is 5.91 Å². The molecular weight excluding hydrogens is 324 g/mol. The van der Waals surface area contributed by atoms with Crippen molar-refractivity contribution in [2.45, 2.75) is 31.1 Å². The maximum absolute atomic E-state index is 12.3. The van der Waals surface area contributed by atoms with Crippen molar-refractivity contribution in [1.82, 2.24) is 5.32 Å². The topological polar surface area (TPSA) is 81.4 Å². The number of carbonyl (C=O) groups excluding carboxylic acids is 1. The van der Waals surface area contributed by atoms with Crippen LogP contribution in [-0.2, 0) is 20.3 Å². The van der Waals surface area contributed by atoms with Crippen LogP contribution in [0.4, 0.5) is 0 Å². The monoisotopic (exact) mass is 346 g/mol. The molecule has 5 nitrogen and oxygen atoms in total. The molecule has 3 N–H and O–H groups in total. The van der Waals surface area contributed by atoms with Crippen LogP contribution in [0.2, 0.25) is 0 Å². The van der Waals surface area contributed by atoms with Crippen molar-refractivity contribution in [2.24, 2.45) is 5.73 Å². The quantitative estimate of drug-likeness (QED) is 0.809. The van der Waals surface area contributed by atoms with E-state index >= 15 is 0 Å². The Hall–Kier alpha value is -0.950. The summed E-state index contributed by atoms with van der Waals surface area (Å²) in [5.41, 5.74) is 6.51. The Labute approximate surface area is 139 Å². The Bertz CT molecular complexity index is 501. The molecule has 0 saturated carbocycles. The summed E-state index contributed by atoms with van der Waals surface area (Å²) in [5.74, 6) is 0.244. The molecule has 2 unspecified atom stereocenters. The molecule has 0 radical (unpaired) electrons.